The molecule has 1 aromatic heterocycles. The van der Waals surface area contributed by atoms with Gasteiger partial charge in [0.1, 0.15) is 20.9 Å². The lowest BCUT2D eigenvalue weighted by atomic mass is 10.2. The number of aromatic nitrogens is 2. The number of hydrogen-bond acceptors (Lipinski definition) is 5. The lowest BCUT2D eigenvalue weighted by Gasteiger charge is -2.36. The summed E-state index contributed by atoms with van der Waals surface area (Å²) in [4.78, 5) is 0.104. The Bertz CT molecular complexity index is 649. The van der Waals surface area contributed by atoms with Crippen LogP contribution in [0.5, 0.6) is 5.88 Å². The predicted molar refractivity (Wildman–Crippen MR) is 86.0 cm³/mol. The van der Waals surface area contributed by atoms with Crippen LogP contribution in [-0.2, 0) is 21.3 Å². The average molecular weight is 348 g/mol. The lowest BCUT2D eigenvalue weighted by Crippen LogP contribution is -2.54. The third-order valence-corrected chi connectivity index (χ3v) is 12.2. The van der Waals surface area contributed by atoms with Crippen LogP contribution in [0.4, 0.5) is 0 Å². The number of fused-ring (bicyclic) bond motifs is 1. The molecule has 0 radical (unpaired) electrons. The van der Waals surface area contributed by atoms with Gasteiger partial charge in [-0.25, -0.2) is 17.5 Å². The van der Waals surface area contributed by atoms with Crippen molar-refractivity contribution in [1.29, 1.82) is 0 Å². The quantitative estimate of drug-likeness (QED) is 0.836. The van der Waals surface area contributed by atoms with E-state index in [1.807, 2.05) is 13.1 Å². The average Bonchev–Trinajstić information content (AvgIpc) is 2.79. The fourth-order valence-corrected chi connectivity index (χ4v) is 6.85. The molecule has 1 aromatic rings. The molecule has 0 amide bonds. The summed E-state index contributed by atoms with van der Waals surface area (Å²) in [7, 11) is -4.28. The molecule has 1 aliphatic rings. The van der Waals surface area contributed by atoms with Gasteiger partial charge in [0.05, 0.1) is 12.7 Å². The van der Waals surface area contributed by atoms with Crippen LogP contribution in [-0.4, -0.2) is 46.3 Å². The highest BCUT2D eigenvalue weighted by atomic mass is 32.2. The van der Waals surface area contributed by atoms with Gasteiger partial charge in [0.2, 0.25) is 15.9 Å². The van der Waals surface area contributed by atoms with Crippen LogP contribution in [0.3, 0.4) is 0 Å². The number of nitrogens with zero attached hydrogens (tertiary/aromatic N) is 2. The molecule has 1 N–H and O–H groups in total. The van der Waals surface area contributed by atoms with Gasteiger partial charge in [0, 0.05) is 7.11 Å². The first-order chi connectivity index (χ1) is 9.98. The van der Waals surface area contributed by atoms with Gasteiger partial charge >= 0.3 is 0 Å². The van der Waals surface area contributed by atoms with Gasteiger partial charge in [-0.2, -0.15) is 5.10 Å². The third kappa shape index (κ3) is 3.22. The molecule has 2 heterocycles. The monoisotopic (exact) mass is 347 g/mol. The normalized spacial score (nSPS) is 19.6. The predicted octanol–water partition coefficient (Wildman–Crippen LogP) is 1.57. The molecule has 0 saturated carbocycles. The summed E-state index contributed by atoms with van der Waals surface area (Å²) in [5.74, 6) is 0.291. The maximum Gasteiger partial charge on any atom is 0.241 e. The van der Waals surface area contributed by atoms with Crippen LogP contribution in [0, 0.1) is 0 Å². The third-order valence-electron chi connectivity index (χ3n) is 4.43. The van der Waals surface area contributed by atoms with Crippen molar-refractivity contribution < 1.29 is 17.9 Å². The molecular formula is C13H25N3O4SSi. The highest BCUT2D eigenvalue weighted by Gasteiger charge is 2.41. The minimum atomic E-state index is -3.66. The smallest absolute Gasteiger partial charge is 0.241 e. The standard InChI is InChI=1S/C13H25N3O4SSi/c1-13(2,3)22(5,6)15-21(17,18)11-7-14-16-8-10(19-4)9-20-12(11)16/h7,10,15H,8-9H2,1-6H3/t10-/m1/s1. The first-order valence-electron chi connectivity index (χ1n) is 7.23. The number of sulfonamides is 1. The zero-order valence-electron chi connectivity index (χ0n) is 14.0. The Hall–Kier alpha value is -0.903. The Morgan fingerprint density at radius 1 is 1.45 bits per heavy atom. The summed E-state index contributed by atoms with van der Waals surface area (Å²) in [6.07, 6.45) is 1.24. The molecule has 2 rings (SSSR count). The SMILES string of the molecule is CO[C@H]1COc2c(S(=O)(=O)N[Si](C)(C)C(C)(C)C)cnn2C1. The number of methoxy groups -OCH3 is 1. The summed E-state index contributed by atoms with van der Waals surface area (Å²) in [6, 6.07) is 0. The molecule has 9 heteroatoms. The van der Waals surface area contributed by atoms with Gasteiger partial charge in [-0.3, -0.25) is 0 Å². The number of hydrogen-bond donors (Lipinski definition) is 1. The van der Waals surface area contributed by atoms with E-state index in [1.54, 1.807) is 7.11 Å². The van der Waals surface area contributed by atoms with Crippen LogP contribution in [0.2, 0.25) is 18.1 Å². The van der Waals surface area contributed by atoms with E-state index < -0.39 is 18.3 Å². The largest absolute Gasteiger partial charge is 0.474 e. The van der Waals surface area contributed by atoms with Crippen molar-refractivity contribution >= 4 is 18.3 Å². The van der Waals surface area contributed by atoms with Crippen LogP contribution < -0.4 is 9.12 Å². The zero-order chi connectivity index (χ0) is 16.8. The van der Waals surface area contributed by atoms with E-state index in [-0.39, 0.29) is 16.0 Å². The van der Waals surface area contributed by atoms with Gasteiger partial charge in [-0.1, -0.05) is 33.9 Å². The van der Waals surface area contributed by atoms with Gasteiger partial charge in [-0.15, -0.1) is 0 Å². The molecular weight excluding hydrogens is 322 g/mol. The lowest BCUT2D eigenvalue weighted by molar-refractivity contribution is 0.0165. The van der Waals surface area contributed by atoms with Crippen molar-refractivity contribution in [2.45, 2.75) is 56.4 Å². The Morgan fingerprint density at radius 2 is 2.09 bits per heavy atom. The summed E-state index contributed by atoms with van der Waals surface area (Å²) >= 11 is 0. The molecule has 0 saturated heterocycles. The van der Waals surface area contributed by atoms with E-state index in [0.717, 1.165) is 0 Å². The molecule has 0 aliphatic carbocycles. The Kier molecular flexibility index (Phi) is 4.46. The molecule has 0 fully saturated rings. The van der Waals surface area contributed by atoms with Crippen LogP contribution in [0.1, 0.15) is 20.8 Å². The molecule has 0 unspecified atom stereocenters. The molecule has 22 heavy (non-hydrogen) atoms. The van der Waals surface area contributed by atoms with Crippen molar-refractivity contribution in [2.75, 3.05) is 13.7 Å². The first-order valence-corrected chi connectivity index (χ1v) is 11.7. The maximum atomic E-state index is 12.7. The topological polar surface area (TPSA) is 82.4 Å². The highest BCUT2D eigenvalue weighted by molar-refractivity contribution is 7.91. The fraction of sp³-hybridized carbons (Fsp3) is 0.769. The molecule has 0 aromatic carbocycles. The Morgan fingerprint density at radius 3 is 2.64 bits per heavy atom. The van der Waals surface area contributed by atoms with Crippen LogP contribution >= 0.6 is 0 Å². The second kappa shape index (κ2) is 5.62. The number of nitrogens with one attached hydrogen (secondary N) is 1. The van der Waals surface area contributed by atoms with Gasteiger partial charge in [0.15, 0.2) is 4.90 Å². The van der Waals surface area contributed by atoms with Crippen LogP contribution in [0.25, 0.3) is 0 Å². The minimum Gasteiger partial charge on any atom is -0.474 e. The molecule has 1 atom stereocenters. The van der Waals surface area contributed by atoms with E-state index in [9.17, 15) is 8.42 Å². The second-order valence-corrected chi connectivity index (χ2v) is 14.2. The second-order valence-electron chi connectivity index (χ2n) is 7.15. The minimum absolute atomic E-state index is 0.102. The Labute approximate surface area is 133 Å². The number of ether oxygens (including phenoxy) is 2. The first kappa shape index (κ1) is 17.5. The molecule has 7 nitrogen and oxygen atoms in total. The molecule has 1 aliphatic heterocycles. The molecule has 0 bridgehead atoms. The van der Waals surface area contributed by atoms with Crippen LogP contribution in [0.15, 0.2) is 11.1 Å². The van der Waals surface area contributed by atoms with Crippen molar-refractivity contribution in [1.82, 2.24) is 14.2 Å². The fourth-order valence-electron chi connectivity index (χ4n) is 1.92. The van der Waals surface area contributed by atoms with E-state index in [2.05, 4.69) is 30.3 Å². The summed E-state index contributed by atoms with van der Waals surface area (Å²) < 4.78 is 40.7. The van der Waals surface area contributed by atoms with Gasteiger partial charge < -0.3 is 9.47 Å². The summed E-state index contributed by atoms with van der Waals surface area (Å²) in [5, 5.41) is 4.02. The summed E-state index contributed by atoms with van der Waals surface area (Å²) in [5.41, 5.74) is 0. The van der Waals surface area contributed by atoms with Gasteiger partial charge in [-0.05, 0) is 5.04 Å². The van der Waals surface area contributed by atoms with E-state index in [0.29, 0.717) is 19.0 Å². The molecule has 0 spiro atoms. The van der Waals surface area contributed by atoms with Crippen molar-refractivity contribution in [3.63, 3.8) is 0 Å². The summed E-state index contributed by atoms with van der Waals surface area (Å²) in [6.45, 7) is 11.0. The van der Waals surface area contributed by atoms with Crippen molar-refractivity contribution in [3.05, 3.63) is 6.20 Å². The van der Waals surface area contributed by atoms with Gasteiger partial charge in [0.25, 0.3) is 0 Å². The van der Waals surface area contributed by atoms with E-state index in [1.165, 1.54) is 10.9 Å². The maximum absolute atomic E-state index is 12.7. The van der Waals surface area contributed by atoms with E-state index in [4.69, 9.17) is 9.47 Å². The van der Waals surface area contributed by atoms with Crippen molar-refractivity contribution in [2.24, 2.45) is 0 Å². The van der Waals surface area contributed by atoms with E-state index >= 15 is 0 Å². The highest BCUT2D eigenvalue weighted by Crippen LogP contribution is 2.36. The van der Waals surface area contributed by atoms with Crippen molar-refractivity contribution in [3.8, 4) is 5.88 Å². The zero-order valence-corrected chi connectivity index (χ0v) is 15.8. The molecule has 126 valence electrons. The number of rotatable bonds is 4. The Balaban J connectivity index is 2.31.